The summed E-state index contributed by atoms with van der Waals surface area (Å²) in [6.45, 7) is 12.0. The molecule has 0 spiro atoms. The van der Waals surface area contributed by atoms with Gasteiger partial charge in [-0.15, -0.1) is 0 Å². The van der Waals surface area contributed by atoms with E-state index in [0.717, 1.165) is 25.4 Å². The fourth-order valence-corrected chi connectivity index (χ4v) is 3.08. The molecule has 1 saturated heterocycles. The molecule has 2 rings (SSSR count). The van der Waals surface area contributed by atoms with E-state index in [9.17, 15) is 0 Å². The lowest BCUT2D eigenvalue weighted by atomic mass is 9.92. The van der Waals surface area contributed by atoms with Gasteiger partial charge in [-0.05, 0) is 63.9 Å². The van der Waals surface area contributed by atoms with Crippen molar-refractivity contribution in [2.24, 2.45) is 0 Å². The molecule has 0 unspecified atom stereocenters. The lowest BCUT2D eigenvalue weighted by Gasteiger charge is -2.36. The van der Waals surface area contributed by atoms with Crippen molar-refractivity contribution in [1.29, 1.82) is 0 Å². The Morgan fingerprint density at radius 3 is 2.43 bits per heavy atom. The zero-order valence-corrected chi connectivity index (χ0v) is 14.0. The first-order valence-electron chi connectivity index (χ1n) is 8.35. The van der Waals surface area contributed by atoms with Gasteiger partial charge in [-0.25, -0.2) is 0 Å². The van der Waals surface area contributed by atoms with Crippen LogP contribution in [-0.4, -0.2) is 31.3 Å². The Labute approximate surface area is 129 Å². The van der Waals surface area contributed by atoms with Crippen LogP contribution in [-0.2, 0) is 0 Å². The molecule has 1 aromatic carbocycles. The third kappa shape index (κ3) is 4.13. The number of ether oxygens (including phenoxy) is 1. The minimum Gasteiger partial charge on any atom is -0.491 e. The Morgan fingerprint density at radius 1 is 1.19 bits per heavy atom. The monoisotopic (exact) mass is 290 g/mol. The molecule has 0 saturated carbocycles. The summed E-state index contributed by atoms with van der Waals surface area (Å²) in [6.07, 6.45) is 3.78. The fourth-order valence-electron chi connectivity index (χ4n) is 3.08. The Kier molecular flexibility index (Phi) is 5.51. The number of nitrogens with one attached hydrogen (secondary N) is 1. The average molecular weight is 290 g/mol. The molecule has 3 nitrogen and oxygen atoms in total. The van der Waals surface area contributed by atoms with E-state index in [1.165, 1.54) is 24.9 Å². The molecule has 0 aromatic heterocycles. The molecule has 0 bridgehead atoms. The van der Waals surface area contributed by atoms with E-state index in [-0.39, 0.29) is 11.6 Å². The van der Waals surface area contributed by atoms with Gasteiger partial charge in [0.15, 0.2) is 0 Å². The maximum absolute atomic E-state index is 5.73. The summed E-state index contributed by atoms with van der Waals surface area (Å²) in [6, 6.07) is 8.57. The van der Waals surface area contributed by atoms with Gasteiger partial charge < -0.3 is 15.0 Å². The molecule has 3 heteroatoms. The third-order valence-corrected chi connectivity index (χ3v) is 4.53. The summed E-state index contributed by atoms with van der Waals surface area (Å²) in [4.78, 5) is 2.52. The largest absolute Gasteiger partial charge is 0.491 e. The number of rotatable bonds is 5. The molecule has 0 aliphatic carbocycles. The minimum absolute atomic E-state index is 0.228. The minimum atomic E-state index is 0.228. The van der Waals surface area contributed by atoms with Crippen molar-refractivity contribution in [3.8, 4) is 5.75 Å². The van der Waals surface area contributed by atoms with Gasteiger partial charge in [-0.1, -0.05) is 13.8 Å². The van der Waals surface area contributed by atoms with Crippen molar-refractivity contribution in [1.82, 2.24) is 5.32 Å². The van der Waals surface area contributed by atoms with Crippen molar-refractivity contribution in [2.75, 3.05) is 24.5 Å². The van der Waals surface area contributed by atoms with Crippen molar-refractivity contribution >= 4 is 5.69 Å². The first kappa shape index (κ1) is 16.2. The summed E-state index contributed by atoms with van der Waals surface area (Å²) >= 11 is 0. The standard InChI is InChI=1S/C18H30N2O/c1-5-18(6-2)14-20(13-7-12-19-18)16-8-10-17(11-9-16)21-15(3)4/h8-11,15,19H,5-7,12-14H2,1-4H3. The molecule has 21 heavy (non-hydrogen) atoms. The van der Waals surface area contributed by atoms with E-state index >= 15 is 0 Å². The second-order valence-corrected chi connectivity index (χ2v) is 6.35. The highest BCUT2D eigenvalue weighted by molar-refractivity contribution is 5.49. The van der Waals surface area contributed by atoms with Gasteiger partial charge in [0.25, 0.3) is 0 Å². The second-order valence-electron chi connectivity index (χ2n) is 6.35. The summed E-state index contributed by atoms with van der Waals surface area (Å²) < 4.78 is 5.73. The predicted molar refractivity (Wildman–Crippen MR) is 90.4 cm³/mol. The van der Waals surface area contributed by atoms with E-state index < -0.39 is 0 Å². The third-order valence-electron chi connectivity index (χ3n) is 4.53. The van der Waals surface area contributed by atoms with Gasteiger partial charge in [0.05, 0.1) is 6.10 Å². The number of hydrogen-bond acceptors (Lipinski definition) is 3. The number of benzene rings is 1. The SMILES string of the molecule is CCC1(CC)CN(c2ccc(OC(C)C)cc2)CCCN1. The highest BCUT2D eigenvalue weighted by Crippen LogP contribution is 2.26. The number of nitrogens with zero attached hydrogens (tertiary/aromatic N) is 1. The fraction of sp³-hybridized carbons (Fsp3) is 0.667. The summed E-state index contributed by atoms with van der Waals surface area (Å²) in [5.74, 6) is 0.957. The number of anilines is 1. The van der Waals surface area contributed by atoms with Crippen LogP contribution in [0.2, 0.25) is 0 Å². The maximum atomic E-state index is 5.73. The van der Waals surface area contributed by atoms with E-state index in [4.69, 9.17) is 4.74 Å². The Hall–Kier alpha value is -1.22. The van der Waals surface area contributed by atoms with Crippen LogP contribution >= 0.6 is 0 Å². The van der Waals surface area contributed by atoms with Crippen molar-refractivity contribution in [3.05, 3.63) is 24.3 Å². The van der Waals surface area contributed by atoms with Gasteiger partial charge in [-0.3, -0.25) is 0 Å². The van der Waals surface area contributed by atoms with Crippen LogP contribution in [0, 0.1) is 0 Å². The molecular weight excluding hydrogens is 260 g/mol. The first-order valence-corrected chi connectivity index (χ1v) is 8.35. The topological polar surface area (TPSA) is 24.5 Å². The van der Waals surface area contributed by atoms with Crippen LogP contribution in [0.25, 0.3) is 0 Å². The molecule has 1 heterocycles. The van der Waals surface area contributed by atoms with Gasteiger partial charge >= 0.3 is 0 Å². The summed E-state index contributed by atoms with van der Waals surface area (Å²) in [5.41, 5.74) is 1.56. The maximum Gasteiger partial charge on any atom is 0.119 e. The Morgan fingerprint density at radius 2 is 1.86 bits per heavy atom. The van der Waals surface area contributed by atoms with E-state index in [1.54, 1.807) is 0 Å². The van der Waals surface area contributed by atoms with Crippen molar-refractivity contribution in [2.45, 2.75) is 58.6 Å². The van der Waals surface area contributed by atoms with Crippen LogP contribution in [0.3, 0.4) is 0 Å². The lowest BCUT2D eigenvalue weighted by molar-refractivity contribution is 0.242. The molecule has 0 amide bonds. The summed E-state index contributed by atoms with van der Waals surface area (Å²) in [5, 5.41) is 3.77. The average Bonchev–Trinajstić information content (AvgIpc) is 2.71. The zero-order chi connectivity index (χ0) is 15.3. The highest BCUT2D eigenvalue weighted by Gasteiger charge is 2.30. The quantitative estimate of drug-likeness (QED) is 0.892. The lowest BCUT2D eigenvalue weighted by Crippen LogP contribution is -2.50. The Bertz CT molecular complexity index is 423. The normalized spacial score (nSPS) is 18.6. The second kappa shape index (κ2) is 7.17. The Balaban J connectivity index is 2.12. The first-order chi connectivity index (χ1) is 10.1. The van der Waals surface area contributed by atoms with Crippen LogP contribution in [0.1, 0.15) is 47.0 Å². The molecule has 0 radical (unpaired) electrons. The van der Waals surface area contributed by atoms with Crippen LogP contribution in [0.5, 0.6) is 5.75 Å². The summed E-state index contributed by atoms with van der Waals surface area (Å²) in [7, 11) is 0. The molecule has 0 atom stereocenters. The number of hydrogen-bond donors (Lipinski definition) is 1. The van der Waals surface area contributed by atoms with Crippen LogP contribution in [0.4, 0.5) is 5.69 Å². The van der Waals surface area contributed by atoms with Gasteiger partial charge in [-0.2, -0.15) is 0 Å². The van der Waals surface area contributed by atoms with E-state index in [1.807, 2.05) is 0 Å². The zero-order valence-electron chi connectivity index (χ0n) is 14.0. The highest BCUT2D eigenvalue weighted by atomic mass is 16.5. The van der Waals surface area contributed by atoms with Gasteiger partial charge in [0, 0.05) is 24.3 Å². The molecule has 1 aliphatic rings. The van der Waals surface area contributed by atoms with Gasteiger partial charge in [0.1, 0.15) is 5.75 Å². The van der Waals surface area contributed by atoms with Crippen LogP contribution < -0.4 is 15.0 Å². The van der Waals surface area contributed by atoms with Gasteiger partial charge in [0.2, 0.25) is 0 Å². The molecule has 1 aliphatic heterocycles. The molecule has 1 aromatic rings. The molecular formula is C18H30N2O. The predicted octanol–water partition coefficient (Wildman–Crippen LogP) is 3.83. The van der Waals surface area contributed by atoms with E-state index in [2.05, 4.69) is 62.2 Å². The molecule has 118 valence electrons. The molecule has 1 fully saturated rings. The van der Waals surface area contributed by atoms with Crippen molar-refractivity contribution in [3.63, 3.8) is 0 Å². The molecule has 1 N–H and O–H groups in total. The van der Waals surface area contributed by atoms with E-state index in [0.29, 0.717) is 0 Å². The smallest absolute Gasteiger partial charge is 0.119 e. The van der Waals surface area contributed by atoms with Crippen LogP contribution in [0.15, 0.2) is 24.3 Å². The van der Waals surface area contributed by atoms with Crippen molar-refractivity contribution < 1.29 is 4.74 Å².